The molecule has 0 aliphatic carbocycles. The van der Waals surface area contributed by atoms with Crippen LogP contribution in [0, 0.1) is 0 Å². The molecular formula is C11H25N3O2S2. The van der Waals surface area contributed by atoms with Crippen molar-refractivity contribution in [2.75, 3.05) is 57.0 Å². The number of sulfonamides is 1. The molecule has 1 aliphatic rings. The first-order chi connectivity index (χ1) is 8.64. The van der Waals surface area contributed by atoms with Crippen molar-refractivity contribution in [2.24, 2.45) is 0 Å². The first-order valence-corrected chi connectivity index (χ1v) is 9.58. The summed E-state index contributed by atoms with van der Waals surface area (Å²) < 4.78 is 26.2. The second kappa shape index (κ2) is 9.14. The van der Waals surface area contributed by atoms with Gasteiger partial charge in [0.25, 0.3) is 0 Å². The quantitative estimate of drug-likeness (QED) is 0.584. The predicted octanol–water partition coefficient (Wildman–Crippen LogP) is -0.0458. The fourth-order valence-electron chi connectivity index (χ4n) is 1.86. The van der Waals surface area contributed by atoms with E-state index in [1.165, 1.54) is 0 Å². The molecular weight excluding hydrogens is 270 g/mol. The van der Waals surface area contributed by atoms with Crippen molar-refractivity contribution in [3.63, 3.8) is 0 Å². The molecule has 0 saturated carbocycles. The first kappa shape index (κ1) is 16.2. The van der Waals surface area contributed by atoms with Crippen LogP contribution in [0.4, 0.5) is 0 Å². The second-order valence-electron chi connectivity index (χ2n) is 4.50. The average Bonchev–Trinajstić information content (AvgIpc) is 2.38. The van der Waals surface area contributed by atoms with Crippen LogP contribution in [0.1, 0.15) is 12.8 Å². The Morgan fingerprint density at radius 3 is 2.67 bits per heavy atom. The van der Waals surface area contributed by atoms with Crippen molar-refractivity contribution in [1.29, 1.82) is 0 Å². The molecule has 0 amide bonds. The molecule has 0 aromatic rings. The topological polar surface area (TPSA) is 61.4 Å². The molecule has 1 saturated heterocycles. The third kappa shape index (κ3) is 7.58. The number of thioether (sulfide) groups is 1. The molecule has 7 heteroatoms. The zero-order chi connectivity index (χ0) is 13.3. The van der Waals surface area contributed by atoms with E-state index in [4.69, 9.17) is 0 Å². The number of nitrogens with one attached hydrogen (secondary N) is 2. The lowest BCUT2D eigenvalue weighted by Gasteiger charge is -2.26. The third-order valence-electron chi connectivity index (χ3n) is 2.98. The summed E-state index contributed by atoms with van der Waals surface area (Å²) in [6, 6.07) is 0. The number of hydrogen-bond donors (Lipinski definition) is 2. The Kier molecular flexibility index (Phi) is 8.25. The largest absolute Gasteiger partial charge is 0.314 e. The summed E-state index contributed by atoms with van der Waals surface area (Å²) in [5.74, 6) is 1.32. The highest BCUT2D eigenvalue weighted by Crippen LogP contribution is 1.99. The lowest BCUT2D eigenvalue weighted by Crippen LogP contribution is -2.45. The van der Waals surface area contributed by atoms with Gasteiger partial charge in [0.2, 0.25) is 10.0 Å². The molecule has 18 heavy (non-hydrogen) atoms. The number of unbranched alkanes of at least 4 members (excludes halogenated alkanes) is 1. The number of piperazine rings is 1. The van der Waals surface area contributed by atoms with E-state index in [1.807, 2.05) is 0 Å². The average molecular weight is 295 g/mol. The fraction of sp³-hybridized carbons (Fsp3) is 1.00. The van der Waals surface area contributed by atoms with Crippen LogP contribution in [-0.4, -0.2) is 70.3 Å². The number of rotatable bonds is 9. The Balaban J connectivity index is 2.10. The van der Waals surface area contributed by atoms with E-state index in [1.54, 1.807) is 11.8 Å². The normalized spacial score (nSPS) is 18.1. The summed E-state index contributed by atoms with van der Waals surface area (Å²) in [5, 5.41) is 3.26. The van der Waals surface area contributed by atoms with Crippen molar-refractivity contribution >= 4 is 21.8 Å². The Morgan fingerprint density at radius 1 is 1.28 bits per heavy atom. The van der Waals surface area contributed by atoms with E-state index in [9.17, 15) is 8.42 Å². The Hall–Kier alpha value is 0.180. The van der Waals surface area contributed by atoms with Crippen LogP contribution in [0.2, 0.25) is 0 Å². The molecule has 0 radical (unpaired) electrons. The van der Waals surface area contributed by atoms with Crippen molar-refractivity contribution in [2.45, 2.75) is 12.8 Å². The van der Waals surface area contributed by atoms with Crippen LogP contribution < -0.4 is 10.0 Å². The molecule has 1 heterocycles. The van der Waals surface area contributed by atoms with Gasteiger partial charge in [0, 0.05) is 39.3 Å². The van der Waals surface area contributed by atoms with Gasteiger partial charge in [0.1, 0.15) is 0 Å². The molecule has 2 N–H and O–H groups in total. The van der Waals surface area contributed by atoms with E-state index >= 15 is 0 Å². The molecule has 0 bridgehead atoms. The van der Waals surface area contributed by atoms with Crippen LogP contribution in [0.5, 0.6) is 0 Å². The van der Waals surface area contributed by atoms with Gasteiger partial charge in [-0.2, -0.15) is 11.8 Å². The minimum Gasteiger partial charge on any atom is -0.314 e. The van der Waals surface area contributed by atoms with Crippen LogP contribution >= 0.6 is 11.8 Å². The minimum atomic E-state index is -3.09. The minimum absolute atomic E-state index is 0.218. The molecule has 0 aromatic heterocycles. The van der Waals surface area contributed by atoms with Gasteiger partial charge >= 0.3 is 0 Å². The summed E-state index contributed by atoms with van der Waals surface area (Å²) in [5.41, 5.74) is 0. The fourth-order valence-corrected chi connectivity index (χ4v) is 3.45. The van der Waals surface area contributed by atoms with E-state index in [0.29, 0.717) is 13.1 Å². The zero-order valence-electron chi connectivity index (χ0n) is 11.2. The molecule has 0 atom stereocenters. The zero-order valence-corrected chi connectivity index (χ0v) is 12.8. The Bertz CT molecular complexity index is 303. The summed E-state index contributed by atoms with van der Waals surface area (Å²) in [6.45, 7) is 5.03. The standard InChI is InChI=1S/C11H25N3O2S2/c1-17-10-3-2-4-13-18(15,16)11-9-14-7-5-12-6-8-14/h12-13H,2-11H2,1H3. The van der Waals surface area contributed by atoms with Gasteiger partial charge < -0.3 is 5.32 Å². The van der Waals surface area contributed by atoms with E-state index in [0.717, 1.165) is 44.8 Å². The SMILES string of the molecule is CSCCCCNS(=O)(=O)CCN1CCNCC1. The Labute approximate surface area is 115 Å². The summed E-state index contributed by atoms with van der Waals surface area (Å²) in [7, 11) is -3.09. The van der Waals surface area contributed by atoms with Gasteiger partial charge in [-0.05, 0) is 24.9 Å². The summed E-state index contributed by atoms with van der Waals surface area (Å²) in [4.78, 5) is 2.20. The van der Waals surface area contributed by atoms with Gasteiger partial charge in [-0.1, -0.05) is 0 Å². The van der Waals surface area contributed by atoms with Crippen molar-refractivity contribution in [3.8, 4) is 0 Å². The number of hydrogen-bond acceptors (Lipinski definition) is 5. The van der Waals surface area contributed by atoms with Gasteiger partial charge in [0.15, 0.2) is 0 Å². The first-order valence-electron chi connectivity index (χ1n) is 6.53. The predicted molar refractivity (Wildman–Crippen MR) is 78.7 cm³/mol. The smallest absolute Gasteiger partial charge is 0.212 e. The van der Waals surface area contributed by atoms with Gasteiger partial charge in [-0.15, -0.1) is 0 Å². The maximum absolute atomic E-state index is 11.7. The van der Waals surface area contributed by atoms with Gasteiger partial charge in [0.05, 0.1) is 5.75 Å². The monoisotopic (exact) mass is 295 g/mol. The van der Waals surface area contributed by atoms with Gasteiger partial charge in [-0.25, -0.2) is 13.1 Å². The van der Waals surface area contributed by atoms with Crippen LogP contribution in [0.15, 0.2) is 0 Å². The maximum Gasteiger partial charge on any atom is 0.212 e. The molecule has 0 unspecified atom stereocenters. The summed E-state index contributed by atoms with van der Waals surface area (Å²) in [6.07, 6.45) is 4.06. The Morgan fingerprint density at radius 2 is 2.00 bits per heavy atom. The molecule has 1 aliphatic heterocycles. The van der Waals surface area contributed by atoms with E-state index in [2.05, 4.69) is 21.2 Å². The molecule has 5 nitrogen and oxygen atoms in total. The highest BCUT2D eigenvalue weighted by atomic mass is 32.2. The second-order valence-corrected chi connectivity index (χ2v) is 7.42. The molecule has 0 aromatic carbocycles. The molecule has 0 spiro atoms. The van der Waals surface area contributed by atoms with Crippen LogP contribution in [0.3, 0.4) is 0 Å². The van der Waals surface area contributed by atoms with Crippen molar-refractivity contribution < 1.29 is 8.42 Å². The van der Waals surface area contributed by atoms with E-state index in [-0.39, 0.29) is 5.75 Å². The maximum atomic E-state index is 11.7. The summed E-state index contributed by atoms with van der Waals surface area (Å²) >= 11 is 1.80. The van der Waals surface area contributed by atoms with Crippen molar-refractivity contribution in [3.05, 3.63) is 0 Å². The molecule has 1 fully saturated rings. The highest BCUT2D eigenvalue weighted by Gasteiger charge is 2.14. The molecule has 1 rings (SSSR count). The van der Waals surface area contributed by atoms with Crippen LogP contribution in [-0.2, 0) is 10.0 Å². The molecule has 108 valence electrons. The van der Waals surface area contributed by atoms with Crippen molar-refractivity contribution in [1.82, 2.24) is 14.9 Å². The number of nitrogens with zero attached hydrogens (tertiary/aromatic N) is 1. The highest BCUT2D eigenvalue weighted by molar-refractivity contribution is 7.98. The van der Waals surface area contributed by atoms with E-state index < -0.39 is 10.0 Å². The lowest BCUT2D eigenvalue weighted by molar-refractivity contribution is 0.253. The third-order valence-corrected chi connectivity index (χ3v) is 5.04. The van der Waals surface area contributed by atoms with Gasteiger partial charge in [-0.3, -0.25) is 4.90 Å². The lowest BCUT2D eigenvalue weighted by atomic mass is 10.3. The van der Waals surface area contributed by atoms with Crippen LogP contribution in [0.25, 0.3) is 0 Å².